The lowest BCUT2D eigenvalue weighted by Crippen LogP contribution is -2.05. The molecular formula is C18H14F2O5. The fourth-order valence-corrected chi connectivity index (χ4v) is 2.61. The molecule has 1 aromatic heterocycles. The van der Waals surface area contributed by atoms with Crippen molar-refractivity contribution in [2.75, 3.05) is 21.3 Å². The summed E-state index contributed by atoms with van der Waals surface area (Å²) in [4.78, 5) is 12.6. The Morgan fingerprint density at radius 3 is 2.24 bits per heavy atom. The van der Waals surface area contributed by atoms with Crippen LogP contribution < -0.4 is 19.6 Å². The summed E-state index contributed by atoms with van der Waals surface area (Å²) in [6.45, 7) is 0. The number of halogens is 2. The summed E-state index contributed by atoms with van der Waals surface area (Å²) < 4.78 is 48.5. The van der Waals surface area contributed by atoms with E-state index in [1.807, 2.05) is 0 Å². The molecular weight excluding hydrogens is 334 g/mol. The van der Waals surface area contributed by atoms with E-state index in [0.29, 0.717) is 6.07 Å². The van der Waals surface area contributed by atoms with Crippen molar-refractivity contribution in [3.8, 4) is 28.6 Å². The van der Waals surface area contributed by atoms with Gasteiger partial charge < -0.3 is 18.6 Å². The Labute approximate surface area is 141 Å². The molecule has 0 saturated carbocycles. The average molecular weight is 348 g/mol. The van der Waals surface area contributed by atoms with Crippen LogP contribution in [0.1, 0.15) is 0 Å². The van der Waals surface area contributed by atoms with E-state index in [4.69, 9.17) is 18.6 Å². The number of hydrogen-bond donors (Lipinski definition) is 0. The summed E-state index contributed by atoms with van der Waals surface area (Å²) in [6, 6.07) is 5.56. The van der Waals surface area contributed by atoms with Crippen molar-refractivity contribution in [3.63, 3.8) is 0 Å². The molecule has 0 amide bonds. The second kappa shape index (κ2) is 6.43. The van der Waals surface area contributed by atoms with Gasteiger partial charge in [-0.15, -0.1) is 0 Å². The Kier molecular flexibility index (Phi) is 4.31. The summed E-state index contributed by atoms with van der Waals surface area (Å²) in [6.07, 6.45) is 0. The quantitative estimate of drug-likeness (QED) is 0.718. The second-order valence-corrected chi connectivity index (χ2v) is 5.12. The van der Waals surface area contributed by atoms with Gasteiger partial charge in [-0.3, -0.25) is 4.79 Å². The number of ether oxygens (including phenoxy) is 3. The molecule has 25 heavy (non-hydrogen) atoms. The third-order valence-electron chi connectivity index (χ3n) is 3.72. The van der Waals surface area contributed by atoms with Crippen LogP contribution in [0.5, 0.6) is 17.2 Å². The van der Waals surface area contributed by atoms with E-state index in [-0.39, 0.29) is 39.5 Å². The van der Waals surface area contributed by atoms with Gasteiger partial charge >= 0.3 is 0 Å². The normalized spacial score (nSPS) is 10.8. The minimum atomic E-state index is -0.838. The van der Waals surface area contributed by atoms with Crippen molar-refractivity contribution >= 4 is 11.0 Å². The molecule has 0 unspecified atom stereocenters. The van der Waals surface area contributed by atoms with Gasteiger partial charge in [-0.1, -0.05) is 0 Å². The Hall–Kier alpha value is -3.09. The summed E-state index contributed by atoms with van der Waals surface area (Å²) in [5, 5.41) is 0.131. The molecule has 0 spiro atoms. The van der Waals surface area contributed by atoms with Crippen molar-refractivity contribution in [3.05, 3.63) is 52.2 Å². The highest BCUT2D eigenvalue weighted by molar-refractivity contribution is 5.90. The molecule has 0 radical (unpaired) electrons. The molecule has 0 atom stereocenters. The van der Waals surface area contributed by atoms with Crippen LogP contribution in [0.4, 0.5) is 8.78 Å². The number of hydrogen-bond acceptors (Lipinski definition) is 5. The summed E-state index contributed by atoms with van der Waals surface area (Å²) in [5.41, 5.74) is -0.368. The van der Waals surface area contributed by atoms with Crippen molar-refractivity contribution < 1.29 is 27.4 Å². The first-order chi connectivity index (χ1) is 12.0. The van der Waals surface area contributed by atoms with Crippen LogP contribution in [0.2, 0.25) is 0 Å². The van der Waals surface area contributed by atoms with Gasteiger partial charge in [-0.05, 0) is 12.1 Å². The van der Waals surface area contributed by atoms with Gasteiger partial charge in [0.1, 0.15) is 28.4 Å². The number of methoxy groups -OCH3 is 3. The van der Waals surface area contributed by atoms with E-state index in [2.05, 4.69) is 0 Å². The highest BCUT2D eigenvalue weighted by Crippen LogP contribution is 2.42. The third-order valence-corrected chi connectivity index (χ3v) is 3.72. The number of rotatable bonds is 4. The maximum atomic E-state index is 14.0. The van der Waals surface area contributed by atoms with E-state index in [9.17, 15) is 13.6 Å². The van der Waals surface area contributed by atoms with Crippen LogP contribution in [0, 0.1) is 11.6 Å². The van der Waals surface area contributed by atoms with Crippen LogP contribution in [0.3, 0.4) is 0 Å². The fourth-order valence-electron chi connectivity index (χ4n) is 2.61. The SMILES string of the molecule is COc1cc2oc(-c3ccc(F)cc3F)cc(=O)c2c(OC)c1OC. The Balaban J connectivity index is 2.35. The van der Waals surface area contributed by atoms with Crippen LogP contribution >= 0.6 is 0 Å². The van der Waals surface area contributed by atoms with Gasteiger partial charge in [0.2, 0.25) is 5.75 Å². The van der Waals surface area contributed by atoms with Crippen LogP contribution in [-0.4, -0.2) is 21.3 Å². The highest BCUT2D eigenvalue weighted by atomic mass is 19.1. The van der Waals surface area contributed by atoms with Crippen LogP contribution in [-0.2, 0) is 0 Å². The van der Waals surface area contributed by atoms with E-state index in [1.165, 1.54) is 33.5 Å². The molecule has 0 aliphatic heterocycles. The third kappa shape index (κ3) is 2.77. The van der Waals surface area contributed by atoms with E-state index in [1.54, 1.807) is 0 Å². The van der Waals surface area contributed by atoms with Gasteiger partial charge in [0.15, 0.2) is 16.9 Å². The molecule has 2 aromatic carbocycles. The molecule has 7 heteroatoms. The lowest BCUT2D eigenvalue weighted by atomic mass is 10.1. The highest BCUT2D eigenvalue weighted by Gasteiger charge is 2.21. The van der Waals surface area contributed by atoms with Gasteiger partial charge in [-0.2, -0.15) is 0 Å². The van der Waals surface area contributed by atoms with E-state index < -0.39 is 17.1 Å². The molecule has 0 N–H and O–H groups in total. The maximum Gasteiger partial charge on any atom is 0.204 e. The summed E-state index contributed by atoms with van der Waals surface area (Å²) in [5.74, 6) is -0.925. The minimum absolute atomic E-state index is 0.0332. The summed E-state index contributed by atoms with van der Waals surface area (Å²) in [7, 11) is 4.21. The Morgan fingerprint density at radius 1 is 0.920 bits per heavy atom. The first-order valence-corrected chi connectivity index (χ1v) is 7.22. The Bertz CT molecular complexity index is 1010. The molecule has 0 aliphatic rings. The van der Waals surface area contributed by atoms with Gasteiger partial charge in [0.05, 0.1) is 26.9 Å². The zero-order valence-electron chi connectivity index (χ0n) is 13.7. The molecule has 3 rings (SSSR count). The van der Waals surface area contributed by atoms with Gasteiger partial charge in [0.25, 0.3) is 0 Å². The second-order valence-electron chi connectivity index (χ2n) is 5.12. The zero-order chi connectivity index (χ0) is 18.1. The lowest BCUT2D eigenvalue weighted by molar-refractivity contribution is 0.326. The van der Waals surface area contributed by atoms with E-state index >= 15 is 0 Å². The molecule has 5 nitrogen and oxygen atoms in total. The number of fused-ring (bicyclic) bond motifs is 1. The van der Waals surface area contributed by atoms with Gasteiger partial charge in [-0.25, -0.2) is 8.78 Å². The molecule has 0 aliphatic carbocycles. The van der Waals surface area contributed by atoms with Crippen molar-refractivity contribution in [2.45, 2.75) is 0 Å². The average Bonchev–Trinajstić information content (AvgIpc) is 2.59. The Morgan fingerprint density at radius 2 is 1.64 bits per heavy atom. The standard InChI is InChI=1S/C18H14F2O5/c1-22-15-8-14-16(18(24-3)17(15)23-2)12(21)7-13(25-14)10-5-4-9(19)6-11(10)20/h4-8H,1-3H3. The van der Waals surface area contributed by atoms with E-state index in [0.717, 1.165) is 12.1 Å². The van der Waals surface area contributed by atoms with Crippen LogP contribution in [0.25, 0.3) is 22.3 Å². The van der Waals surface area contributed by atoms with Crippen molar-refractivity contribution in [1.82, 2.24) is 0 Å². The predicted octanol–water partition coefficient (Wildman–Crippen LogP) is 3.76. The largest absolute Gasteiger partial charge is 0.493 e. The van der Waals surface area contributed by atoms with Crippen molar-refractivity contribution in [1.29, 1.82) is 0 Å². The molecule has 0 fully saturated rings. The first-order valence-electron chi connectivity index (χ1n) is 7.22. The molecule has 130 valence electrons. The first kappa shape index (κ1) is 16.8. The smallest absolute Gasteiger partial charge is 0.204 e. The minimum Gasteiger partial charge on any atom is -0.493 e. The van der Waals surface area contributed by atoms with Gasteiger partial charge in [0, 0.05) is 18.2 Å². The number of benzene rings is 2. The topological polar surface area (TPSA) is 57.9 Å². The lowest BCUT2D eigenvalue weighted by Gasteiger charge is -2.14. The fraction of sp³-hybridized carbons (Fsp3) is 0.167. The van der Waals surface area contributed by atoms with Crippen LogP contribution in [0.15, 0.2) is 39.5 Å². The molecule has 1 heterocycles. The summed E-state index contributed by atoms with van der Waals surface area (Å²) >= 11 is 0. The zero-order valence-corrected chi connectivity index (χ0v) is 13.7. The molecule has 0 bridgehead atoms. The molecule has 0 saturated heterocycles. The molecule has 3 aromatic rings. The van der Waals surface area contributed by atoms with Crippen molar-refractivity contribution in [2.24, 2.45) is 0 Å². The predicted molar refractivity (Wildman–Crippen MR) is 87.5 cm³/mol. The maximum absolute atomic E-state index is 14.0. The monoisotopic (exact) mass is 348 g/mol.